The van der Waals surface area contributed by atoms with Crippen LogP contribution in [0, 0.1) is 5.92 Å². The molecule has 1 heteroatoms. The fraction of sp³-hybridized carbons (Fsp3) is 0.467. The molecule has 1 nitrogen and oxygen atoms in total. The van der Waals surface area contributed by atoms with E-state index in [0.717, 1.165) is 19.3 Å². The van der Waals surface area contributed by atoms with Gasteiger partial charge in [-0.05, 0) is 37.2 Å². The quantitative estimate of drug-likeness (QED) is 0.522. The lowest BCUT2D eigenvalue weighted by Crippen LogP contribution is -1.99. The first-order valence-corrected chi connectivity index (χ1v) is 6.14. The second-order valence-corrected chi connectivity index (χ2v) is 4.24. The van der Waals surface area contributed by atoms with Gasteiger partial charge < -0.3 is 5.11 Å². The largest absolute Gasteiger partial charge is 0.396 e. The number of aryl methyl sites for hydroxylation is 1. The van der Waals surface area contributed by atoms with Crippen molar-refractivity contribution in [1.29, 1.82) is 0 Å². The Bertz CT molecular complexity index is 279. The molecule has 0 spiro atoms. The minimum absolute atomic E-state index is 0.273. The molecule has 1 rings (SSSR count). The molecule has 0 bridgehead atoms. The second kappa shape index (κ2) is 8.12. The third-order valence-electron chi connectivity index (χ3n) is 2.97. The fourth-order valence-electron chi connectivity index (χ4n) is 1.93. The van der Waals surface area contributed by atoms with Gasteiger partial charge in [0.25, 0.3) is 0 Å². The number of hydrogen-bond acceptors (Lipinski definition) is 1. The Morgan fingerprint density at radius 3 is 2.50 bits per heavy atom. The standard InChI is InChI=1S/C15H22O/c1-2-14(12-13-16)8-6-7-11-15-9-4-3-5-10-15/h2-5,9-10,14,16H,1,6-8,11-13H2. The Morgan fingerprint density at radius 2 is 1.88 bits per heavy atom. The molecule has 0 aliphatic carbocycles. The minimum atomic E-state index is 0.273. The number of allylic oxidation sites excluding steroid dienone is 1. The first-order chi connectivity index (χ1) is 7.86. The van der Waals surface area contributed by atoms with Crippen molar-refractivity contribution in [3.05, 3.63) is 48.6 Å². The summed E-state index contributed by atoms with van der Waals surface area (Å²) < 4.78 is 0. The van der Waals surface area contributed by atoms with E-state index in [-0.39, 0.29) is 6.61 Å². The maximum Gasteiger partial charge on any atom is 0.0436 e. The van der Waals surface area contributed by atoms with Gasteiger partial charge in [0.15, 0.2) is 0 Å². The van der Waals surface area contributed by atoms with Gasteiger partial charge in [-0.25, -0.2) is 0 Å². The summed E-state index contributed by atoms with van der Waals surface area (Å²) >= 11 is 0. The van der Waals surface area contributed by atoms with Crippen LogP contribution in [0.5, 0.6) is 0 Å². The highest BCUT2D eigenvalue weighted by molar-refractivity contribution is 5.14. The number of benzene rings is 1. The second-order valence-electron chi connectivity index (χ2n) is 4.24. The smallest absolute Gasteiger partial charge is 0.0436 e. The molecule has 0 saturated carbocycles. The van der Waals surface area contributed by atoms with Gasteiger partial charge in [0.05, 0.1) is 0 Å². The molecule has 88 valence electrons. The maximum atomic E-state index is 8.85. The van der Waals surface area contributed by atoms with Crippen molar-refractivity contribution in [2.45, 2.75) is 32.1 Å². The van der Waals surface area contributed by atoms with Crippen LogP contribution in [0.25, 0.3) is 0 Å². The zero-order valence-corrected chi connectivity index (χ0v) is 9.94. The van der Waals surface area contributed by atoms with Gasteiger partial charge in [0, 0.05) is 6.61 Å². The number of hydrogen-bond donors (Lipinski definition) is 1. The summed E-state index contributed by atoms with van der Waals surface area (Å²) in [6.45, 7) is 4.08. The average Bonchev–Trinajstić information content (AvgIpc) is 2.34. The van der Waals surface area contributed by atoms with E-state index in [9.17, 15) is 0 Å². The topological polar surface area (TPSA) is 20.2 Å². The Morgan fingerprint density at radius 1 is 1.12 bits per heavy atom. The van der Waals surface area contributed by atoms with E-state index in [1.54, 1.807) is 0 Å². The monoisotopic (exact) mass is 218 g/mol. The van der Waals surface area contributed by atoms with Gasteiger partial charge in [-0.1, -0.05) is 42.8 Å². The molecular weight excluding hydrogens is 196 g/mol. The average molecular weight is 218 g/mol. The molecule has 0 saturated heterocycles. The molecule has 0 amide bonds. The lowest BCUT2D eigenvalue weighted by atomic mass is 9.97. The molecule has 1 aromatic carbocycles. The summed E-state index contributed by atoms with van der Waals surface area (Å²) in [5, 5.41) is 8.85. The molecule has 0 heterocycles. The highest BCUT2D eigenvalue weighted by Gasteiger charge is 2.02. The summed E-state index contributed by atoms with van der Waals surface area (Å²) in [6.07, 6.45) is 7.57. The van der Waals surface area contributed by atoms with E-state index < -0.39 is 0 Å². The predicted molar refractivity (Wildman–Crippen MR) is 69.4 cm³/mol. The highest BCUT2D eigenvalue weighted by atomic mass is 16.3. The van der Waals surface area contributed by atoms with Crippen molar-refractivity contribution >= 4 is 0 Å². The van der Waals surface area contributed by atoms with Gasteiger partial charge in [-0.15, -0.1) is 6.58 Å². The van der Waals surface area contributed by atoms with Gasteiger partial charge in [0.1, 0.15) is 0 Å². The van der Waals surface area contributed by atoms with Crippen LogP contribution in [-0.2, 0) is 6.42 Å². The van der Waals surface area contributed by atoms with Crippen molar-refractivity contribution in [2.75, 3.05) is 6.61 Å². The predicted octanol–water partition coefficient (Wildman–Crippen LogP) is 3.58. The summed E-state index contributed by atoms with van der Waals surface area (Å²) in [4.78, 5) is 0. The van der Waals surface area contributed by atoms with Crippen LogP contribution < -0.4 is 0 Å². The first kappa shape index (κ1) is 13.0. The molecule has 1 atom stereocenters. The van der Waals surface area contributed by atoms with Crippen molar-refractivity contribution in [3.8, 4) is 0 Å². The minimum Gasteiger partial charge on any atom is -0.396 e. The van der Waals surface area contributed by atoms with Crippen molar-refractivity contribution in [1.82, 2.24) is 0 Å². The van der Waals surface area contributed by atoms with E-state index in [2.05, 4.69) is 36.9 Å². The zero-order chi connectivity index (χ0) is 11.6. The van der Waals surface area contributed by atoms with E-state index in [4.69, 9.17) is 5.11 Å². The Hall–Kier alpha value is -1.08. The number of rotatable bonds is 8. The molecule has 1 unspecified atom stereocenters. The molecule has 0 aliphatic rings. The van der Waals surface area contributed by atoms with Gasteiger partial charge in [-0.3, -0.25) is 0 Å². The third-order valence-corrected chi connectivity index (χ3v) is 2.97. The molecular formula is C15H22O. The molecule has 1 aromatic rings. The van der Waals surface area contributed by atoms with Crippen molar-refractivity contribution in [3.63, 3.8) is 0 Å². The molecule has 0 aromatic heterocycles. The Labute approximate surface area is 98.8 Å². The third kappa shape index (κ3) is 5.13. The lowest BCUT2D eigenvalue weighted by molar-refractivity contribution is 0.265. The van der Waals surface area contributed by atoms with E-state index in [0.29, 0.717) is 5.92 Å². The maximum absolute atomic E-state index is 8.85. The van der Waals surface area contributed by atoms with Crippen LogP contribution in [0.1, 0.15) is 31.2 Å². The van der Waals surface area contributed by atoms with E-state index in [1.807, 2.05) is 6.08 Å². The summed E-state index contributed by atoms with van der Waals surface area (Å²) in [6, 6.07) is 10.6. The van der Waals surface area contributed by atoms with Crippen molar-refractivity contribution < 1.29 is 5.11 Å². The molecule has 0 radical (unpaired) electrons. The molecule has 1 N–H and O–H groups in total. The van der Waals surface area contributed by atoms with Crippen LogP contribution >= 0.6 is 0 Å². The normalized spacial score (nSPS) is 12.3. The van der Waals surface area contributed by atoms with Gasteiger partial charge >= 0.3 is 0 Å². The Balaban J connectivity index is 2.14. The molecule has 16 heavy (non-hydrogen) atoms. The molecule has 0 aliphatic heterocycles. The van der Waals surface area contributed by atoms with Crippen LogP contribution in [-0.4, -0.2) is 11.7 Å². The van der Waals surface area contributed by atoms with E-state index >= 15 is 0 Å². The SMILES string of the molecule is C=CC(CCO)CCCCc1ccccc1. The van der Waals surface area contributed by atoms with E-state index in [1.165, 1.54) is 18.4 Å². The van der Waals surface area contributed by atoms with Crippen molar-refractivity contribution in [2.24, 2.45) is 5.92 Å². The fourth-order valence-corrected chi connectivity index (χ4v) is 1.93. The number of unbranched alkanes of at least 4 members (excludes halogenated alkanes) is 1. The number of aliphatic hydroxyl groups is 1. The number of aliphatic hydroxyl groups excluding tert-OH is 1. The Kier molecular flexibility index (Phi) is 6.59. The van der Waals surface area contributed by atoms with Gasteiger partial charge in [-0.2, -0.15) is 0 Å². The van der Waals surface area contributed by atoms with Crippen LogP contribution in [0.15, 0.2) is 43.0 Å². The summed E-state index contributed by atoms with van der Waals surface area (Å²) in [5.41, 5.74) is 1.42. The zero-order valence-electron chi connectivity index (χ0n) is 9.94. The van der Waals surface area contributed by atoms with Crippen LogP contribution in [0.2, 0.25) is 0 Å². The highest BCUT2D eigenvalue weighted by Crippen LogP contribution is 2.15. The lowest BCUT2D eigenvalue weighted by Gasteiger charge is -2.10. The summed E-state index contributed by atoms with van der Waals surface area (Å²) in [7, 11) is 0. The van der Waals surface area contributed by atoms with Crippen LogP contribution in [0.4, 0.5) is 0 Å². The van der Waals surface area contributed by atoms with Gasteiger partial charge in [0.2, 0.25) is 0 Å². The molecule has 0 fully saturated rings. The first-order valence-electron chi connectivity index (χ1n) is 6.14. The summed E-state index contributed by atoms with van der Waals surface area (Å²) in [5.74, 6) is 0.487. The van der Waals surface area contributed by atoms with Crippen LogP contribution in [0.3, 0.4) is 0 Å².